The zero-order valence-electron chi connectivity index (χ0n) is 13.9. The second kappa shape index (κ2) is 5.97. The van der Waals surface area contributed by atoms with Crippen molar-refractivity contribution in [3.63, 3.8) is 0 Å². The Kier molecular flexibility index (Phi) is 3.35. The fourth-order valence-electron chi connectivity index (χ4n) is 3.08. The average Bonchev–Trinajstić information content (AvgIpc) is 3.34. The van der Waals surface area contributed by atoms with Gasteiger partial charge in [0.05, 0.1) is 11.3 Å². The maximum Gasteiger partial charge on any atom is 0.172 e. The first-order valence-corrected chi connectivity index (χ1v) is 8.41. The highest BCUT2D eigenvalue weighted by molar-refractivity contribution is 5.78. The third kappa shape index (κ3) is 2.38. The summed E-state index contributed by atoms with van der Waals surface area (Å²) in [4.78, 5) is 0. The second-order valence-corrected chi connectivity index (χ2v) is 5.99. The fraction of sp³-hybridized carbons (Fsp3) is 0. The molecule has 26 heavy (non-hydrogen) atoms. The molecular weight excluding hydrogens is 322 g/mol. The molecular formula is C21H15N5. The van der Waals surface area contributed by atoms with E-state index in [0.29, 0.717) is 0 Å². The summed E-state index contributed by atoms with van der Waals surface area (Å²) in [6.45, 7) is 0. The number of rotatable bonds is 3. The summed E-state index contributed by atoms with van der Waals surface area (Å²) in [6, 6.07) is 26.1. The van der Waals surface area contributed by atoms with Crippen molar-refractivity contribution in [3.05, 3.63) is 91.3 Å². The SMILES string of the molecule is c1ccc(-c2nn(-c3ccccc3)cc2-c2nnc3ccccn23)cc1. The topological polar surface area (TPSA) is 48.0 Å². The number of hydrogen-bond donors (Lipinski definition) is 0. The van der Waals surface area contributed by atoms with Gasteiger partial charge in [-0.1, -0.05) is 54.6 Å². The van der Waals surface area contributed by atoms with Crippen LogP contribution in [0.1, 0.15) is 0 Å². The number of aromatic nitrogens is 5. The fourth-order valence-corrected chi connectivity index (χ4v) is 3.08. The van der Waals surface area contributed by atoms with Crippen LogP contribution in [0, 0.1) is 0 Å². The lowest BCUT2D eigenvalue weighted by molar-refractivity contribution is 0.884. The van der Waals surface area contributed by atoms with Gasteiger partial charge in [-0.2, -0.15) is 5.10 Å². The zero-order valence-corrected chi connectivity index (χ0v) is 13.9. The number of pyridine rings is 1. The van der Waals surface area contributed by atoms with Crippen molar-refractivity contribution in [2.24, 2.45) is 0 Å². The Bertz CT molecular complexity index is 1170. The van der Waals surface area contributed by atoms with E-state index in [1.54, 1.807) is 0 Å². The molecule has 0 aliphatic heterocycles. The molecule has 0 unspecified atom stereocenters. The highest BCUT2D eigenvalue weighted by Gasteiger charge is 2.18. The summed E-state index contributed by atoms with van der Waals surface area (Å²) < 4.78 is 3.88. The predicted octanol–water partition coefficient (Wildman–Crippen LogP) is 4.25. The molecule has 0 bridgehead atoms. The minimum atomic E-state index is 0.779. The molecule has 0 saturated carbocycles. The molecule has 3 aromatic heterocycles. The van der Waals surface area contributed by atoms with Crippen LogP contribution in [0.5, 0.6) is 0 Å². The van der Waals surface area contributed by atoms with Gasteiger partial charge in [0.2, 0.25) is 0 Å². The van der Waals surface area contributed by atoms with Crippen molar-refractivity contribution in [1.29, 1.82) is 0 Å². The van der Waals surface area contributed by atoms with Crippen LogP contribution in [0.15, 0.2) is 91.3 Å². The Morgan fingerprint density at radius 1 is 0.692 bits per heavy atom. The first-order chi connectivity index (χ1) is 12.9. The molecule has 0 N–H and O–H groups in total. The van der Waals surface area contributed by atoms with Gasteiger partial charge < -0.3 is 0 Å². The standard InChI is InChI=1S/C21H15N5/c1-3-9-16(10-4-1)20-18(15-26(24-20)17-11-5-2-6-12-17)21-23-22-19-13-7-8-14-25(19)21/h1-15H. The van der Waals surface area contributed by atoms with Gasteiger partial charge >= 0.3 is 0 Å². The van der Waals surface area contributed by atoms with Crippen molar-refractivity contribution in [2.75, 3.05) is 0 Å². The Morgan fingerprint density at radius 3 is 2.23 bits per heavy atom. The highest BCUT2D eigenvalue weighted by Crippen LogP contribution is 2.31. The van der Waals surface area contributed by atoms with Crippen LogP contribution >= 0.6 is 0 Å². The molecule has 0 fully saturated rings. The first kappa shape index (κ1) is 14.6. The van der Waals surface area contributed by atoms with Crippen LogP contribution < -0.4 is 0 Å². The van der Waals surface area contributed by atoms with E-state index in [1.807, 2.05) is 88.2 Å². The number of benzene rings is 2. The lowest BCUT2D eigenvalue weighted by Gasteiger charge is -2.01. The molecule has 0 saturated heterocycles. The molecule has 0 aliphatic carbocycles. The minimum absolute atomic E-state index is 0.779. The molecule has 5 rings (SSSR count). The van der Waals surface area contributed by atoms with E-state index in [2.05, 4.69) is 22.3 Å². The second-order valence-electron chi connectivity index (χ2n) is 5.99. The van der Waals surface area contributed by atoms with Gasteiger partial charge in [-0.15, -0.1) is 10.2 Å². The van der Waals surface area contributed by atoms with Gasteiger partial charge in [-0.05, 0) is 24.3 Å². The monoisotopic (exact) mass is 337 g/mol. The van der Waals surface area contributed by atoms with Gasteiger partial charge in [-0.25, -0.2) is 4.68 Å². The highest BCUT2D eigenvalue weighted by atomic mass is 15.3. The van der Waals surface area contributed by atoms with Gasteiger partial charge in [-0.3, -0.25) is 4.40 Å². The molecule has 0 amide bonds. The molecule has 5 aromatic rings. The maximum absolute atomic E-state index is 4.85. The molecule has 3 heterocycles. The lowest BCUT2D eigenvalue weighted by Crippen LogP contribution is -1.93. The third-order valence-corrected chi connectivity index (χ3v) is 4.34. The summed E-state index contributed by atoms with van der Waals surface area (Å²) in [5.41, 5.74) is 4.69. The summed E-state index contributed by atoms with van der Waals surface area (Å²) >= 11 is 0. The van der Waals surface area contributed by atoms with Crippen molar-refractivity contribution in [1.82, 2.24) is 24.4 Å². The van der Waals surface area contributed by atoms with Gasteiger partial charge in [0, 0.05) is 18.0 Å². The smallest absolute Gasteiger partial charge is 0.172 e. The normalized spacial score (nSPS) is 11.1. The summed E-state index contributed by atoms with van der Waals surface area (Å²) in [5.74, 6) is 0.779. The van der Waals surface area contributed by atoms with Crippen LogP contribution in [0.25, 0.3) is 34.0 Å². The Hall–Kier alpha value is -3.73. The number of para-hydroxylation sites is 1. The van der Waals surface area contributed by atoms with Crippen LogP contribution in [-0.4, -0.2) is 24.4 Å². The van der Waals surface area contributed by atoms with E-state index in [4.69, 9.17) is 5.10 Å². The van der Waals surface area contributed by atoms with E-state index in [1.165, 1.54) is 0 Å². The van der Waals surface area contributed by atoms with Crippen LogP contribution in [0.2, 0.25) is 0 Å². The van der Waals surface area contributed by atoms with E-state index in [0.717, 1.165) is 34.0 Å². The van der Waals surface area contributed by atoms with Crippen molar-refractivity contribution >= 4 is 5.65 Å². The van der Waals surface area contributed by atoms with Crippen LogP contribution in [-0.2, 0) is 0 Å². The van der Waals surface area contributed by atoms with Crippen molar-refractivity contribution in [2.45, 2.75) is 0 Å². The van der Waals surface area contributed by atoms with Crippen molar-refractivity contribution < 1.29 is 0 Å². The Labute approximate surface area is 150 Å². The largest absolute Gasteiger partial charge is 0.282 e. The summed E-state index contributed by atoms with van der Waals surface area (Å²) in [5, 5.41) is 13.6. The average molecular weight is 337 g/mol. The molecule has 0 spiro atoms. The molecule has 5 heteroatoms. The molecule has 2 aromatic carbocycles. The first-order valence-electron chi connectivity index (χ1n) is 8.41. The molecule has 124 valence electrons. The minimum Gasteiger partial charge on any atom is -0.282 e. The molecule has 0 atom stereocenters. The molecule has 5 nitrogen and oxygen atoms in total. The summed E-state index contributed by atoms with van der Waals surface area (Å²) in [7, 11) is 0. The van der Waals surface area contributed by atoms with E-state index in [9.17, 15) is 0 Å². The molecule has 0 aliphatic rings. The Balaban J connectivity index is 1.77. The van der Waals surface area contributed by atoms with Gasteiger partial charge in [0.25, 0.3) is 0 Å². The third-order valence-electron chi connectivity index (χ3n) is 4.34. The zero-order chi connectivity index (χ0) is 17.3. The molecule has 0 radical (unpaired) electrons. The van der Waals surface area contributed by atoms with Crippen LogP contribution in [0.3, 0.4) is 0 Å². The quantitative estimate of drug-likeness (QED) is 0.494. The summed E-state index contributed by atoms with van der Waals surface area (Å²) in [6.07, 6.45) is 3.99. The lowest BCUT2D eigenvalue weighted by atomic mass is 10.1. The van der Waals surface area contributed by atoms with E-state index < -0.39 is 0 Å². The number of nitrogens with zero attached hydrogens (tertiary/aromatic N) is 5. The Morgan fingerprint density at radius 2 is 1.42 bits per heavy atom. The number of fused-ring (bicyclic) bond motifs is 1. The van der Waals surface area contributed by atoms with Crippen molar-refractivity contribution in [3.8, 4) is 28.3 Å². The van der Waals surface area contributed by atoms with Gasteiger partial charge in [0.1, 0.15) is 5.69 Å². The van der Waals surface area contributed by atoms with E-state index >= 15 is 0 Å². The van der Waals surface area contributed by atoms with Crippen LogP contribution in [0.4, 0.5) is 0 Å². The maximum atomic E-state index is 4.85. The van der Waals surface area contributed by atoms with Gasteiger partial charge in [0.15, 0.2) is 11.5 Å². The predicted molar refractivity (Wildman–Crippen MR) is 101 cm³/mol. The number of hydrogen-bond acceptors (Lipinski definition) is 3. The van der Waals surface area contributed by atoms with E-state index in [-0.39, 0.29) is 0 Å².